The highest BCUT2D eigenvalue weighted by atomic mass is 16.4. The number of nitrogens with zero attached hydrogens (tertiary/aromatic N) is 1. The van der Waals surface area contributed by atoms with E-state index in [1.54, 1.807) is 6.20 Å². The standard InChI is InChI=1S/C14H21N3O3/c1-10(6-5-8-13(18)19)16-14(20)17-11(2)12-7-3-4-9-15-12/h3-4,7,9-11H,5-6,8H2,1-2H3,(H,18,19)(H2,16,17,20). The quantitative estimate of drug-likeness (QED) is 0.712. The molecule has 1 heterocycles. The highest BCUT2D eigenvalue weighted by Gasteiger charge is 2.12. The molecule has 1 aromatic rings. The molecule has 2 atom stereocenters. The van der Waals surface area contributed by atoms with Crippen molar-refractivity contribution in [2.75, 3.05) is 0 Å². The number of aliphatic carboxylic acids is 1. The van der Waals surface area contributed by atoms with Crippen LogP contribution in [0.4, 0.5) is 4.79 Å². The predicted molar refractivity (Wildman–Crippen MR) is 75.3 cm³/mol. The maximum absolute atomic E-state index is 11.8. The third kappa shape index (κ3) is 6.17. The first-order valence-electron chi connectivity index (χ1n) is 6.68. The van der Waals surface area contributed by atoms with Gasteiger partial charge in [0.05, 0.1) is 11.7 Å². The molecular weight excluding hydrogens is 258 g/mol. The van der Waals surface area contributed by atoms with Gasteiger partial charge in [-0.25, -0.2) is 4.79 Å². The van der Waals surface area contributed by atoms with Gasteiger partial charge in [0.2, 0.25) is 0 Å². The van der Waals surface area contributed by atoms with Crippen LogP contribution in [0, 0.1) is 0 Å². The van der Waals surface area contributed by atoms with Crippen LogP contribution in [-0.4, -0.2) is 28.1 Å². The first kappa shape index (κ1) is 15.9. The molecule has 0 radical (unpaired) electrons. The third-order valence-electron chi connectivity index (χ3n) is 2.88. The summed E-state index contributed by atoms with van der Waals surface area (Å²) in [6.07, 6.45) is 2.99. The minimum absolute atomic E-state index is 0.0646. The molecule has 3 N–H and O–H groups in total. The summed E-state index contributed by atoms with van der Waals surface area (Å²) in [5.41, 5.74) is 0.793. The van der Waals surface area contributed by atoms with Gasteiger partial charge < -0.3 is 15.7 Å². The van der Waals surface area contributed by atoms with Crippen LogP contribution >= 0.6 is 0 Å². The largest absolute Gasteiger partial charge is 0.481 e. The zero-order chi connectivity index (χ0) is 15.0. The summed E-state index contributed by atoms with van der Waals surface area (Å²) in [6.45, 7) is 3.71. The summed E-state index contributed by atoms with van der Waals surface area (Å²) in [7, 11) is 0. The van der Waals surface area contributed by atoms with Crippen LogP contribution in [0.25, 0.3) is 0 Å². The predicted octanol–water partition coefficient (Wildman–Crippen LogP) is 2.09. The number of carbonyl (C=O) groups excluding carboxylic acids is 1. The number of carboxylic acids is 1. The summed E-state index contributed by atoms with van der Waals surface area (Å²) in [4.78, 5) is 26.3. The summed E-state index contributed by atoms with van der Waals surface area (Å²) >= 11 is 0. The van der Waals surface area contributed by atoms with Gasteiger partial charge in [-0.3, -0.25) is 9.78 Å². The highest BCUT2D eigenvalue weighted by molar-refractivity contribution is 5.74. The van der Waals surface area contributed by atoms with Crippen molar-refractivity contribution in [2.24, 2.45) is 0 Å². The third-order valence-corrected chi connectivity index (χ3v) is 2.88. The summed E-state index contributed by atoms with van der Waals surface area (Å²) in [5, 5.41) is 14.1. The lowest BCUT2D eigenvalue weighted by atomic mass is 10.1. The Labute approximate surface area is 118 Å². The Bertz CT molecular complexity index is 437. The average molecular weight is 279 g/mol. The number of pyridine rings is 1. The second-order valence-corrected chi connectivity index (χ2v) is 4.78. The molecule has 0 saturated carbocycles. The molecule has 1 rings (SSSR count). The van der Waals surface area contributed by atoms with Crippen LogP contribution in [0.5, 0.6) is 0 Å². The van der Waals surface area contributed by atoms with Gasteiger partial charge in [-0.1, -0.05) is 6.07 Å². The zero-order valence-electron chi connectivity index (χ0n) is 11.8. The van der Waals surface area contributed by atoms with E-state index < -0.39 is 5.97 Å². The SMILES string of the molecule is CC(CCCC(=O)O)NC(=O)NC(C)c1ccccn1. The molecule has 20 heavy (non-hydrogen) atoms. The van der Waals surface area contributed by atoms with E-state index in [1.165, 1.54) is 0 Å². The summed E-state index contributed by atoms with van der Waals surface area (Å²) in [6, 6.07) is 5.02. The summed E-state index contributed by atoms with van der Waals surface area (Å²) < 4.78 is 0. The topological polar surface area (TPSA) is 91.3 Å². The number of amides is 2. The molecule has 2 unspecified atom stereocenters. The lowest BCUT2D eigenvalue weighted by Crippen LogP contribution is -2.41. The zero-order valence-corrected chi connectivity index (χ0v) is 11.8. The average Bonchev–Trinajstić information content (AvgIpc) is 2.38. The number of hydrogen-bond donors (Lipinski definition) is 3. The molecular formula is C14H21N3O3. The van der Waals surface area contributed by atoms with Crippen molar-refractivity contribution in [3.8, 4) is 0 Å². The van der Waals surface area contributed by atoms with Crippen LogP contribution in [0.3, 0.4) is 0 Å². The van der Waals surface area contributed by atoms with Gasteiger partial charge >= 0.3 is 12.0 Å². The number of rotatable bonds is 7. The lowest BCUT2D eigenvalue weighted by molar-refractivity contribution is -0.137. The Hall–Kier alpha value is -2.11. The molecule has 6 nitrogen and oxygen atoms in total. The van der Waals surface area contributed by atoms with E-state index in [-0.39, 0.29) is 24.5 Å². The van der Waals surface area contributed by atoms with Gasteiger partial charge in [0.25, 0.3) is 0 Å². The second kappa shape index (κ2) is 8.14. The summed E-state index contributed by atoms with van der Waals surface area (Å²) in [5.74, 6) is -0.814. The van der Waals surface area contributed by atoms with Crippen molar-refractivity contribution >= 4 is 12.0 Å². The van der Waals surface area contributed by atoms with Gasteiger partial charge in [0.1, 0.15) is 0 Å². The van der Waals surface area contributed by atoms with E-state index in [4.69, 9.17) is 5.11 Å². The van der Waals surface area contributed by atoms with Crippen molar-refractivity contribution in [1.29, 1.82) is 0 Å². The fourth-order valence-electron chi connectivity index (χ4n) is 1.80. The van der Waals surface area contributed by atoms with Crippen LogP contribution in [0.2, 0.25) is 0 Å². The van der Waals surface area contributed by atoms with Gasteiger partial charge in [-0.15, -0.1) is 0 Å². The fraction of sp³-hybridized carbons (Fsp3) is 0.500. The normalized spacial score (nSPS) is 13.3. The van der Waals surface area contributed by atoms with E-state index in [2.05, 4.69) is 15.6 Å². The van der Waals surface area contributed by atoms with Crippen molar-refractivity contribution < 1.29 is 14.7 Å². The molecule has 110 valence electrons. The maximum Gasteiger partial charge on any atom is 0.315 e. The van der Waals surface area contributed by atoms with E-state index in [9.17, 15) is 9.59 Å². The number of urea groups is 1. The van der Waals surface area contributed by atoms with Gasteiger partial charge in [-0.05, 0) is 38.8 Å². The molecule has 0 aliphatic heterocycles. The molecule has 0 spiro atoms. The first-order chi connectivity index (χ1) is 9.49. The Morgan fingerprint density at radius 3 is 2.65 bits per heavy atom. The van der Waals surface area contributed by atoms with Crippen molar-refractivity contribution in [1.82, 2.24) is 15.6 Å². The Morgan fingerprint density at radius 2 is 2.05 bits per heavy atom. The maximum atomic E-state index is 11.8. The Kier molecular flexibility index (Phi) is 6.49. The molecule has 0 fully saturated rings. The molecule has 1 aromatic heterocycles. The molecule has 0 bridgehead atoms. The van der Waals surface area contributed by atoms with Gasteiger partial charge in [0.15, 0.2) is 0 Å². The molecule has 0 saturated heterocycles. The molecule has 6 heteroatoms. The van der Waals surface area contributed by atoms with E-state index in [0.29, 0.717) is 12.8 Å². The second-order valence-electron chi connectivity index (χ2n) is 4.78. The Morgan fingerprint density at radius 1 is 1.30 bits per heavy atom. The minimum Gasteiger partial charge on any atom is -0.481 e. The van der Waals surface area contributed by atoms with Crippen LogP contribution < -0.4 is 10.6 Å². The van der Waals surface area contributed by atoms with E-state index >= 15 is 0 Å². The monoisotopic (exact) mass is 279 g/mol. The number of nitrogens with one attached hydrogen (secondary N) is 2. The number of hydrogen-bond acceptors (Lipinski definition) is 3. The van der Waals surface area contributed by atoms with Crippen molar-refractivity contribution in [2.45, 2.75) is 45.2 Å². The minimum atomic E-state index is -0.814. The number of aromatic nitrogens is 1. The van der Waals surface area contributed by atoms with Crippen LogP contribution in [0.15, 0.2) is 24.4 Å². The smallest absolute Gasteiger partial charge is 0.315 e. The van der Waals surface area contributed by atoms with Crippen molar-refractivity contribution in [3.05, 3.63) is 30.1 Å². The highest BCUT2D eigenvalue weighted by Crippen LogP contribution is 2.07. The van der Waals surface area contributed by atoms with Gasteiger partial charge in [0, 0.05) is 18.7 Å². The fourth-order valence-corrected chi connectivity index (χ4v) is 1.80. The van der Waals surface area contributed by atoms with Crippen molar-refractivity contribution in [3.63, 3.8) is 0 Å². The molecule has 0 aromatic carbocycles. The molecule has 0 aliphatic carbocycles. The molecule has 2 amide bonds. The van der Waals surface area contributed by atoms with Crippen LogP contribution in [0.1, 0.15) is 44.8 Å². The lowest BCUT2D eigenvalue weighted by Gasteiger charge is -2.17. The molecule has 0 aliphatic rings. The Balaban J connectivity index is 2.30. The van der Waals surface area contributed by atoms with E-state index in [0.717, 1.165) is 5.69 Å². The van der Waals surface area contributed by atoms with E-state index in [1.807, 2.05) is 32.0 Å². The number of carboxylic acid groups (broad SMARTS) is 1. The van der Waals surface area contributed by atoms with Gasteiger partial charge in [-0.2, -0.15) is 0 Å². The first-order valence-corrected chi connectivity index (χ1v) is 6.68. The van der Waals surface area contributed by atoms with Crippen LogP contribution in [-0.2, 0) is 4.79 Å². The number of carbonyl (C=O) groups is 2.